The molecule has 3 rings (SSSR count). The molecule has 1 unspecified atom stereocenters. The Kier molecular flexibility index (Phi) is 5.26. The standard InChI is InChI=1S/C21H22F2N2O2/c1-12(2)16-6-4-5-13(3)20(16)24-21(27)14-9-19(26)25(11-14)18-8-7-15(22)10-17(18)23/h4-8,10,12,14H,9,11H2,1-3H3,(H,24,27). The predicted molar refractivity (Wildman–Crippen MR) is 101 cm³/mol. The number of anilines is 2. The predicted octanol–water partition coefficient (Wildman–Crippen LogP) is 4.39. The number of para-hydroxylation sites is 1. The average Bonchev–Trinajstić information content (AvgIpc) is 2.98. The fourth-order valence-corrected chi connectivity index (χ4v) is 3.38. The molecule has 4 nitrogen and oxygen atoms in total. The van der Waals surface area contributed by atoms with Crippen LogP contribution in [-0.2, 0) is 9.59 Å². The monoisotopic (exact) mass is 372 g/mol. The van der Waals surface area contributed by atoms with E-state index >= 15 is 0 Å². The maximum absolute atomic E-state index is 14.0. The summed E-state index contributed by atoms with van der Waals surface area (Å²) in [6.45, 7) is 6.07. The van der Waals surface area contributed by atoms with Gasteiger partial charge in [-0.15, -0.1) is 0 Å². The Hall–Kier alpha value is -2.76. The smallest absolute Gasteiger partial charge is 0.229 e. The zero-order valence-electron chi connectivity index (χ0n) is 15.6. The molecule has 1 saturated heterocycles. The van der Waals surface area contributed by atoms with E-state index in [0.717, 1.165) is 28.9 Å². The third-order valence-corrected chi connectivity index (χ3v) is 4.87. The molecule has 1 aliphatic heterocycles. The zero-order valence-corrected chi connectivity index (χ0v) is 15.6. The number of halogens is 2. The highest BCUT2D eigenvalue weighted by atomic mass is 19.1. The van der Waals surface area contributed by atoms with Crippen LogP contribution in [-0.4, -0.2) is 18.4 Å². The van der Waals surface area contributed by atoms with Crippen LogP contribution >= 0.6 is 0 Å². The molecule has 1 fully saturated rings. The van der Waals surface area contributed by atoms with Crippen molar-refractivity contribution in [3.8, 4) is 0 Å². The van der Waals surface area contributed by atoms with Crippen molar-refractivity contribution < 1.29 is 18.4 Å². The van der Waals surface area contributed by atoms with E-state index in [9.17, 15) is 18.4 Å². The normalized spacial score (nSPS) is 16.9. The Labute approximate surface area is 157 Å². The first-order valence-corrected chi connectivity index (χ1v) is 8.93. The lowest BCUT2D eigenvalue weighted by atomic mass is 9.97. The molecule has 0 saturated carbocycles. The van der Waals surface area contributed by atoms with Crippen molar-refractivity contribution in [2.45, 2.75) is 33.1 Å². The summed E-state index contributed by atoms with van der Waals surface area (Å²) in [5.74, 6) is -2.51. The first-order valence-electron chi connectivity index (χ1n) is 8.93. The molecule has 1 heterocycles. The fourth-order valence-electron chi connectivity index (χ4n) is 3.38. The highest BCUT2D eigenvalue weighted by Gasteiger charge is 2.36. The van der Waals surface area contributed by atoms with Crippen LogP contribution in [0.2, 0.25) is 0 Å². The average molecular weight is 372 g/mol. The van der Waals surface area contributed by atoms with Crippen LogP contribution < -0.4 is 10.2 Å². The van der Waals surface area contributed by atoms with Crippen molar-refractivity contribution in [2.75, 3.05) is 16.8 Å². The van der Waals surface area contributed by atoms with Gasteiger partial charge in [-0.05, 0) is 36.1 Å². The number of aryl methyl sites for hydroxylation is 1. The molecule has 2 aromatic rings. The number of nitrogens with zero attached hydrogens (tertiary/aromatic N) is 1. The summed E-state index contributed by atoms with van der Waals surface area (Å²) in [6, 6.07) is 8.88. The van der Waals surface area contributed by atoms with Crippen molar-refractivity contribution in [3.63, 3.8) is 0 Å². The maximum Gasteiger partial charge on any atom is 0.229 e. The quantitative estimate of drug-likeness (QED) is 0.865. The van der Waals surface area contributed by atoms with E-state index in [1.54, 1.807) is 0 Å². The Morgan fingerprint density at radius 3 is 2.63 bits per heavy atom. The molecule has 0 aliphatic carbocycles. The van der Waals surface area contributed by atoms with Crippen LogP contribution in [0.25, 0.3) is 0 Å². The lowest BCUT2D eigenvalue weighted by Gasteiger charge is -2.19. The molecule has 0 bridgehead atoms. The van der Waals surface area contributed by atoms with E-state index in [4.69, 9.17) is 0 Å². The van der Waals surface area contributed by atoms with Gasteiger partial charge in [0.05, 0.1) is 11.6 Å². The largest absolute Gasteiger partial charge is 0.325 e. The number of benzene rings is 2. The van der Waals surface area contributed by atoms with E-state index in [0.29, 0.717) is 0 Å². The SMILES string of the molecule is Cc1cccc(C(C)C)c1NC(=O)C1CC(=O)N(c2ccc(F)cc2F)C1. The minimum atomic E-state index is -0.814. The molecule has 1 aliphatic rings. The number of hydrogen-bond donors (Lipinski definition) is 1. The first-order chi connectivity index (χ1) is 12.8. The molecule has 0 radical (unpaired) electrons. The molecule has 0 aromatic heterocycles. The van der Waals surface area contributed by atoms with Gasteiger partial charge < -0.3 is 10.2 Å². The Bertz CT molecular complexity index is 896. The number of nitrogens with one attached hydrogen (secondary N) is 1. The Morgan fingerprint density at radius 2 is 1.96 bits per heavy atom. The second-order valence-corrected chi connectivity index (χ2v) is 7.18. The van der Waals surface area contributed by atoms with Gasteiger partial charge in [-0.3, -0.25) is 9.59 Å². The minimum absolute atomic E-state index is 0.00420. The van der Waals surface area contributed by atoms with Gasteiger partial charge >= 0.3 is 0 Å². The van der Waals surface area contributed by atoms with Gasteiger partial charge in [0.25, 0.3) is 0 Å². The zero-order chi connectivity index (χ0) is 19.7. The summed E-state index contributed by atoms with van der Waals surface area (Å²) in [7, 11) is 0. The molecule has 27 heavy (non-hydrogen) atoms. The summed E-state index contributed by atoms with van der Waals surface area (Å²) in [5, 5.41) is 2.95. The van der Waals surface area contributed by atoms with Crippen molar-refractivity contribution in [2.24, 2.45) is 5.92 Å². The third kappa shape index (κ3) is 3.84. The second-order valence-electron chi connectivity index (χ2n) is 7.18. The van der Waals surface area contributed by atoms with Crippen LogP contribution in [0.3, 0.4) is 0 Å². The van der Waals surface area contributed by atoms with Crippen LogP contribution in [0.1, 0.15) is 37.3 Å². The number of rotatable bonds is 4. The van der Waals surface area contributed by atoms with Crippen molar-refractivity contribution >= 4 is 23.2 Å². The Balaban J connectivity index is 1.79. The lowest BCUT2D eigenvalue weighted by Crippen LogP contribution is -2.29. The van der Waals surface area contributed by atoms with Crippen molar-refractivity contribution in [1.29, 1.82) is 0 Å². The van der Waals surface area contributed by atoms with E-state index in [-0.39, 0.29) is 36.4 Å². The molecule has 142 valence electrons. The van der Waals surface area contributed by atoms with Crippen molar-refractivity contribution in [3.05, 3.63) is 59.2 Å². The van der Waals surface area contributed by atoms with Gasteiger partial charge in [0.15, 0.2) is 0 Å². The summed E-state index contributed by atoms with van der Waals surface area (Å²) >= 11 is 0. The maximum atomic E-state index is 14.0. The van der Waals surface area contributed by atoms with Gasteiger partial charge in [0.1, 0.15) is 11.6 Å². The van der Waals surface area contributed by atoms with Crippen LogP contribution in [0, 0.1) is 24.5 Å². The topological polar surface area (TPSA) is 49.4 Å². The summed E-state index contributed by atoms with van der Waals surface area (Å²) in [4.78, 5) is 26.3. The molecule has 1 N–H and O–H groups in total. The third-order valence-electron chi connectivity index (χ3n) is 4.87. The Morgan fingerprint density at radius 1 is 1.22 bits per heavy atom. The van der Waals surface area contributed by atoms with Crippen LogP contribution in [0.15, 0.2) is 36.4 Å². The van der Waals surface area contributed by atoms with E-state index in [2.05, 4.69) is 5.32 Å². The van der Waals surface area contributed by atoms with Gasteiger partial charge in [0.2, 0.25) is 11.8 Å². The lowest BCUT2D eigenvalue weighted by molar-refractivity contribution is -0.122. The van der Waals surface area contributed by atoms with Crippen molar-refractivity contribution in [1.82, 2.24) is 0 Å². The summed E-state index contributed by atoms with van der Waals surface area (Å²) < 4.78 is 27.1. The highest BCUT2D eigenvalue weighted by molar-refractivity contribution is 6.04. The van der Waals surface area contributed by atoms with Gasteiger partial charge in [-0.25, -0.2) is 8.78 Å². The first kappa shape index (κ1) is 19.0. The minimum Gasteiger partial charge on any atom is -0.325 e. The summed E-state index contributed by atoms with van der Waals surface area (Å²) in [5.41, 5.74) is 2.72. The molecule has 2 aromatic carbocycles. The fraction of sp³-hybridized carbons (Fsp3) is 0.333. The number of carbonyl (C=O) groups excluding carboxylic acids is 2. The van der Waals surface area contributed by atoms with E-state index in [1.165, 1.54) is 11.0 Å². The molecule has 0 spiro atoms. The van der Waals surface area contributed by atoms with Crippen LogP contribution in [0.4, 0.5) is 20.2 Å². The molecular formula is C21H22F2N2O2. The van der Waals surface area contributed by atoms with Gasteiger partial charge in [-0.1, -0.05) is 32.0 Å². The molecule has 6 heteroatoms. The molecule has 2 amide bonds. The number of amides is 2. The molecule has 1 atom stereocenters. The number of hydrogen-bond acceptors (Lipinski definition) is 2. The molecular weight excluding hydrogens is 350 g/mol. The number of carbonyl (C=O) groups is 2. The second kappa shape index (κ2) is 7.47. The highest BCUT2D eigenvalue weighted by Crippen LogP contribution is 2.31. The summed E-state index contributed by atoms with van der Waals surface area (Å²) in [6.07, 6.45) is -0.00839. The van der Waals surface area contributed by atoms with E-state index < -0.39 is 17.6 Å². The van der Waals surface area contributed by atoms with Crippen LogP contribution in [0.5, 0.6) is 0 Å². The van der Waals surface area contributed by atoms with Gasteiger partial charge in [0, 0.05) is 24.7 Å². The van der Waals surface area contributed by atoms with E-state index in [1.807, 2.05) is 39.0 Å². The van der Waals surface area contributed by atoms with Gasteiger partial charge in [-0.2, -0.15) is 0 Å².